The standard InChI is InChI=1S/C19H23N3O/c23-19(22-13-5-2-6-14-22)17-9-10-18(21-15-17)20-12-11-16-7-3-1-4-8-16/h1,3-4,7-10,15H,2,5-6,11-14H2,(H,20,21)/p+1. The van der Waals surface area contributed by atoms with Crippen LogP contribution in [0.3, 0.4) is 0 Å². The molecular weight excluding hydrogens is 286 g/mol. The maximum Gasteiger partial charge on any atom is 0.272 e. The monoisotopic (exact) mass is 310 g/mol. The molecule has 0 aliphatic carbocycles. The van der Waals surface area contributed by atoms with E-state index in [0.717, 1.165) is 50.3 Å². The van der Waals surface area contributed by atoms with E-state index in [2.05, 4.69) is 34.6 Å². The lowest BCUT2D eigenvalue weighted by Crippen LogP contribution is -2.36. The Bertz CT molecular complexity index is 619. The molecule has 0 atom stereocenters. The molecule has 0 saturated carbocycles. The zero-order chi connectivity index (χ0) is 15.9. The summed E-state index contributed by atoms with van der Waals surface area (Å²) in [5.74, 6) is 1.08. The Labute approximate surface area is 137 Å². The highest BCUT2D eigenvalue weighted by Gasteiger charge is 2.19. The summed E-state index contributed by atoms with van der Waals surface area (Å²) in [6, 6.07) is 14.3. The number of nitrogens with zero attached hydrogens (tertiary/aromatic N) is 1. The van der Waals surface area contributed by atoms with E-state index in [9.17, 15) is 4.79 Å². The van der Waals surface area contributed by atoms with Crippen LogP contribution in [0.1, 0.15) is 35.2 Å². The van der Waals surface area contributed by atoms with Crippen LogP contribution < -0.4 is 10.3 Å². The zero-order valence-electron chi connectivity index (χ0n) is 13.4. The summed E-state index contributed by atoms with van der Waals surface area (Å²) in [6.07, 6.45) is 6.26. The second kappa shape index (κ2) is 7.77. The fourth-order valence-electron chi connectivity index (χ4n) is 2.93. The summed E-state index contributed by atoms with van der Waals surface area (Å²) in [5.41, 5.74) is 2.05. The van der Waals surface area contributed by atoms with Gasteiger partial charge in [-0.15, -0.1) is 0 Å². The number of pyridine rings is 1. The maximum atomic E-state index is 12.4. The van der Waals surface area contributed by atoms with E-state index in [1.807, 2.05) is 29.3 Å². The molecule has 2 N–H and O–H groups in total. The van der Waals surface area contributed by atoms with Gasteiger partial charge in [0.15, 0.2) is 0 Å². The first-order chi connectivity index (χ1) is 11.3. The Morgan fingerprint density at radius 1 is 1.04 bits per heavy atom. The number of benzene rings is 1. The number of anilines is 1. The third-order valence-electron chi connectivity index (χ3n) is 4.27. The number of rotatable bonds is 5. The van der Waals surface area contributed by atoms with Gasteiger partial charge in [-0.25, -0.2) is 4.98 Å². The number of carbonyl (C=O) groups excluding carboxylic acids is 1. The SMILES string of the molecule is O=C(c1ccc(NCCc2ccccc2)[nH+]c1)N1CCCCC1. The number of nitrogens with one attached hydrogen (secondary N) is 2. The van der Waals surface area contributed by atoms with Crippen LogP contribution in [-0.2, 0) is 6.42 Å². The molecule has 4 heteroatoms. The summed E-state index contributed by atoms with van der Waals surface area (Å²) in [6.45, 7) is 2.63. The zero-order valence-corrected chi connectivity index (χ0v) is 13.4. The molecule has 1 aliphatic rings. The first-order valence-corrected chi connectivity index (χ1v) is 8.42. The largest absolute Gasteiger partial charge is 0.339 e. The van der Waals surface area contributed by atoms with Crippen molar-refractivity contribution < 1.29 is 9.78 Å². The van der Waals surface area contributed by atoms with Gasteiger partial charge in [-0.1, -0.05) is 30.3 Å². The number of hydrogen-bond acceptors (Lipinski definition) is 2. The van der Waals surface area contributed by atoms with Crippen LogP contribution in [0.25, 0.3) is 0 Å². The second-order valence-corrected chi connectivity index (χ2v) is 6.01. The number of aromatic nitrogens is 1. The molecule has 1 amide bonds. The summed E-state index contributed by atoms with van der Waals surface area (Å²) < 4.78 is 0. The number of amides is 1. The van der Waals surface area contributed by atoms with Crippen LogP contribution >= 0.6 is 0 Å². The summed E-state index contributed by atoms with van der Waals surface area (Å²) >= 11 is 0. The number of H-pyrrole nitrogens is 1. The van der Waals surface area contributed by atoms with Crippen LogP contribution in [0.15, 0.2) is 48.7 Å². The molecule has 1 aromatic carbocycles. The molecule has 1 fully saturated rings. The number of likely N-dealkylation sites (tertiary alicyclic amines) is 1. The van der Waals surface area contributed by atoms with E-state index in [-0.39, 0.29) is 5.91 Å². The van der Waals surface area contributed by atoms with Gasteiger partial charge < -0.3 is 4.90 Å². The van der Waals surface area contributed by atoms with Crippen molar-refractivity contribution in [1.29, 1.82) is 0 Å². The van der Waals surface area contributed by atoms with Gasteiger partial charge in [-0.2, -0.15) is 0 Å². The van der Waals surface area contributed by atoms with E-state index in [1.165, 1.54) is 12.0 Å². The molecule has 1 aliphatic heterocycles. The van der Waals surface area contributed by atoms with Crippen LogP contribution in [0, 0.1) is 0 Å². The van der Waals surface area contributed by atoms with Crippen molar-refractivity contribution >= 4 is 11.7 Å². The number of carbonyl (C=O) groups is 1. The predicted molar refractivity (Wildman–Crippen MR) is 91.4 cm³/mol. The quantitative estimate of drug-likeness (QED) is 0.923. The topological polar surface area (TPSA) is 46.5 Å². The van der Waals surface area contributed by atoms with Gasteiger partial charge >= 0.3 is 0 Å². The van der Waals surface area contributed by atoms with Gasteiger partial charge in [-0.05, 0) is 30.9 Å². The van der Waals surface area contributed by atoms with Crippen molar-refractivity contribution in [3.05, 3.63) is 59.8 Å². The van der Waals surface area contributed by atoms with Crippen molar-refractivity contribution in [2.45, 2.75) is 25.7 Å². The van der Waals surface area contributed by atoms with Crippen molar-refractivity contribution in [3.63, 3.8) is 0 Å². The minimum atomic E-state index is 0.136. The smallest absolute Gasteiger partial charge is 0.272 e. The van der Waals surface area contributed by atoms with Crippen molar-refractivity contribution in [2.75, 3.05) is 25.0 Å². The molecule has 2 aromatic rings. The van der Waals surface area contributed by atoms with E-state index in [4.69, 9.17) is 0 Å². The second-order valence-electron chi connectivity index (χ2n) is 6.01. The van der Waals surface area contributed by atoms with Crippen molar-refractivity contribution in [1.82, 2.24) is 4.90 Å². The van der Waals surface area contributed by atoms with Crippen LogP contribution in [0.4, 0.5) is 5.82 Å². The normalized spacial score (nSPS) is 14.5. The van der Waals surface area contributed by atoms with E-state index in [0.29, 0.717) is 0 Å². The molecule has 2 heterocycles. The lowest BCUT2D eigenvalue weighted by molar-refractivity contribution is -0.361. The molecule has 0 unspecified atom stereocenters. The fourth-order valence-corrected chi connectivity index (χ4v) is 2.93. The minimum Gasteiger partial charge on any atom is -0.339 e. The Kier molecular flexibility index (Phi) is 5.25. The predicted octanol–water partition coefficient (Wildman–Crippen LogP) is 2.78. The Balaban J connectivity index is 1.51. The average Bonchev–Trinajstić information content (AvgIpc) is 2.63. The fraction of sp³-hybridized carbons (Fsp3) is 0.368. The van der Waals surface area contributed by atoms with Crippen molar-refractivity contribution in [2.24, 2.45) is 0 Å². The molecule has 120 valence electrons. The lowest BCUT2D eigenvalue weighted by Gasteiger charge is -2.26. The van der Waals surface area contributed by atoms with Gasteiger partial charge in [-0.3, -0.25) is 10.1 Å². The molecule has 0 bridgehead atoms. The molecule has 0 radical (unpaired) electrons. The Morgan fingerprint density at radius 2 is 1.83 bits per heavy atom. The van der Waals surface area contributed by atoms with Gasteiger partial charge in [0.05, 0.1) is 12.1 Å². The van der Waals surface area contributed by atoms with E-state index >= 15 is 0 Å². The van der Waals surface area contributed by atoms with Gasteiger partial charge in [0.1, 0.15) is 6.20 Å². The first-order valence-electron chi connectivity index (χ1n) is 8.42. The Morgan fingerprint density at radius 3 is 2.52 bits per heavy atom. The summed E-state index contributed by atoms with van der Waals surface area (Å²) in [4.78, 5) is 17.5. The molecule has 4 nitrogen and oxygen atoms in total. The minimum absolute atomic E-state index is 0.136. The summed E-state index contributed by atoms with van der Waals surface area (Å²) in [7, 11) is 0. The van der Waals surface area contributed by atoms with Gasteiger partial charge in [0.25, 0.3) is 11.7 Å². The van der Waals surface area contributed by atoms with E-state index < -0.39 is 0 Å². The van der Waals surface area contributed by atoms with Gasteiger partial charge in [0.2, 0.25) is 0 Å². The number of aromatic amines is 1. The highest BCUT2D eigenvalue weighted by atomic mass is 16.2. The van der Waals surface area contributed by atoms with Gasteiger partial charge in [0, 0.05) is 25.6 Å². The number of hydrogen-bond donors (Lipinski definition) is 1. The molecule has 23 heavy (non-hydrogen) atoms. The van der Waals surface area contributed by atoms with Crippen molar-refractivity contribution in [3.8, 4) is 0 Å². The average molecular weight is 310 g/mol. The highest BCUT2D eigenvalue weighted by Crippen LogP contribution is 2.12. The van der Waals surface area contributed by atoms with Crippen LogP contribution in [0.5, 0.6) is 0 Å². The number of piperidine rings is 1. The molecule has 1 aromatic heterocycles. The first kappa shape index (κ1) is 15.5. The molecule has 3 rings (SSSR count). The summed E-state index contributed by atoms with van der Waals surface area (Å²) in [5, 5.41) is 3.36. The highest BCUT2D eigenvalue weighted by molar-refractivity contribution is 5.93. The maximum absolute atomic E-state index is 12.4. The van der Waals surface area contributed by atoms with E-state index in [1.54, 1.807) is 0 Å². The Hall–Kier alpha value is -2.36. The third kappa shape index (κ3) is 4.31. The van der Waals surface area contributed by atoms with Crippen LogP contribution in [-0.4, -0.2) is 30.4 Å². The third-order valence-corrected chi connectivity index (χ3v) is 4.27. The molecule has 0 spiro atoms. The molecule has 1 saturated heterocycles. The molecular formula is C19H24N3O+. The van der Waals surface area contributed by atoms with Crippen LogP contribution in [0.2, 0.25) is 0 Å². The lowest BCUT2D eigenvalue weighted by atomic mass is 10.1.